The molecule has 10 nitrogen and oxygen atoms in total. The van der Waals surface area contributed by atoms with Gasteiger partial charge in [0.15, 0.2) is 6.10 Å². The van der Waals surface area contributed by atoms with Crippen LogP contribution in [-0.4, -0.2) is 66.6 Å². The molecule has 0 aliphatic heterocycles. The molecule has 0 unspecified atom stereocenters. The number of hydrogen-bond acceptors (Lipinski definition) is 7. The number of carbonyl (C=O) groups excluding carboxylic acids is 3. The first-order valence-corrected chi connectivity index (χ1v) is 12.7. The van der Waals surface area contributed by atoms with Gasteiger partial charge in [-0.05, 0) is 63.6 Å². The number of amides is 3. The van der Waals surface area contributed by atoms with Gasteiger partial charge in [-0.2, -0.15) is 13.2 Å². The summed E-state index contributed by atoms with van der Waals surface area (Å²) in [6.07, 6.45) is -7.12. The molecule has 222 valence electrons. The molecule has 0 saturated carbocycles. The highest BCUT2D eigenvalue weighted by atomic mass is 19.4. The van der Waals surface area contributed by atoms with Crippen molar-refractivity contribution < 1.29 is 42.1 Å². The molecule has 0 saturated heterocycles. The topological polar surface area (TPSA) is 152 Å². The number of rotatable bonds is 13. The molecule has 0 bridgehead atoms. The summed E-state index contributed by atoms with van der Waals surface area (Å²) in [5.74, 6) is -1.93. The number of alkyl halides is 3. The van der Waals surface area contributed by atoms with E-state index in [9.17, 15) is 32.7 Å². The molecule has 0 heterocycles. The van der Waals surface area contributed by atoms with E-state index in [2.05, 4.69) is 16.0 Å². The molecule has 0 fully saturated rings. The number of benzene rings is 1. The van der Waals surface area contributed by atoms with Crippen LogP contribution in [0.15, 0.2) is 24.3 Å². The van der Waals surface area contributed by atoms with Gasteiger partial charge in [0.05, 0.1) is 19.2 Å². The number of aliphatic hydroxyl groups excluding tert-OH is 1. The number of alkyl carbamates (subject to hydrolysis) is 1. The number of halogens is 3. The Morgan fingerprint density at radius 2 is 1.59 bits per heavy atom. The van der Waals surface area contributed by atoms with Gasteiger partial charge in [0.2, 0.25) is 11.8 Å². The van der Waals surface area contributed by atoms with Gasteiger partial charge in [0, 0.05) is 6.54 Å². The third-order valence-corrected chi connectivity index (χ3v) is 5.65. The van der Waals surface area contributed by atoms with Crippen molar-refractivity contribution >= 4 is 17.9 Å². The van der Waals surface area contributed by atoms with Crippen LogP contribution in [0, 0.1) is 5.92 Å². The fourth-order valence-electron chi connectivity index (χ4n) is 3.53. The molecule has 0 aliphatic carbocycles. The van der Waals surface area contributed by atoms with E-state index in [0.29, 0.717) is 25.1 Å². The Labute approximate surface area is 227 Å². The molecule has 0 spiro atoms. The van der Waals surface area contributed by atoms with E-state index in [-0.39, 0.29) is 12.0 Å². The van der Waals surface area contributed by atoms with Crippen LogP contribution < -0.4 is 26.4 Å². The third-order valence-electron chi connectivity index (χ3n) is 5.65. The molecular weight excluding hydrogens is 521 g/mol. The zero-order chi connectivity index (χ0) is 30.0. The maximum absolute atomic E-state index is 13.2. The van der Waals surface area contributed by atoms with E-state index in [4.69, 9.17) is 15.2 Å². The van der Waals surface area contributed by atoms with Crippen LogP contribution in [0.25, 0.3) is 0 Å². The largest absolute Gasteiger partial charge is 0.497 e. The van der Waals surface area contributed by atoms with Crippen LogP contribution >= 0.6 is 0 Å². The molecule has 1 aromatic carbocycles. The molecule has 39 heavy (non-hydrogen) atoms. The summed E-state index contributed by atoms with van der Waals surface area (Å²) in [6, 6.07) is 1.98. The lowest BCUT2D eigenvalue weighted by molar-refractivity contribution is -0.215. The third kappa shape index (κ3) is 12.1. The Morgan fingerprint density at radius 1 is 1.00 bits per heavy atom. The van der Waals surface area contributed by atoms with Crippen LogP contribution in [0.4, 0.5) is 18.0 Å². The maximum Gasteiger partial charge on any atom is 0.416 e. The molecule has 1 aromatic rings. The van der Waals surface area contributed by atoms with Crippen molar-refractivity contribution in [3.8, 4) is 5.75 Å². The Bertz CT molecular complexity index is 935. The maximum atomic E-state index is 13.2. The second-order valence-electron chi connectivity index (χ2n) is 10.5. The molecule has 4 atom stereocenters. The summed E-state index contributed by atoms with van der Waals surface area (Å²) in [7, 11) is 1.44. The van der Waals surface area contributed by atoms with E-state index in [0.717, 1.165) is 0 Å². The Balaban J connectivity index is 2.89. The minimum Gasteiger partial charge on any atom is -0.497 e. The first-order valence-electron chi connectivity index (χ1n) is 12.7. The van der Waals surface area contributed by atoms with Gasteiger partial charge >= 0.3 is 12.3 Å². The summed E-state index contributed by atoms with van der Waals surface area (Å²) in [5.41, 5.74) is 5.65. The number of nitrogens with one attached hydrogen (secondary N) is 3. The molecule has 0 aromatic heterocycles. The molecule has 0 aliphatic rings. The highest BCUT2D eigenvalue weighted by Crippen LogP contribution is 2.26. The SMILES string of the molecule is COc1ccc([C@H](NC(=O)[C@@H](N)CCCCNC(=O)OC(C)(C)C)C(=O)N[C@@H](C(C)C)[C@H](O)C(F)(F)F)cc1. The molecule has 6 N–H and O–H groups in total. The molecular formula is C26H41F3N4O6. The van der Waals surface area contributed by atoms with Gasteiger partial charge in [-0.1, -0.05) is 26.0 Å². The summed E-state index contributed by atoms with van der Waals surface area (Å²) < 4.78 is 49.8. The van der Waals surface area contributed by atoms with E-state index in [1.807, 2.05) is 0 Å². The first kappa shape index (κ1) is 34.0. The Hall–Kier alpha value is -3.06. The van der Waals surface area contributed by atoms with Gasteiger partial charge in [0.25, 0.3) is 0 Å². The van der Waals surface area contributed by atoms with Gasteiger partial charge in [0.1, 0.15) is 17.4 Å². The number of hydrogen-bond donors (Lipinski definition) is 5. The average molecular weight is 563 g/mol. The Morgan fingerprint density at radius 3 is 2.08 bits per heavy atom. The zero-order valence-corrected chi connectivity index (χ0v) is 23.2. The molecule has 13 heteroatoms. The van der Waals surface area contributed by atoms with Crippen molar-refractivity contribution in [1.29, 1.82) is 0 Å². The lowest BCUT2D eigenvalue weighted by Crippen LogP contribution is -2.55. The van der Waals surface area contributed by atoms with Crippen molar-refractivity contribution in [3.05, 3.63) is 29.8 Å². The highest BCUT2D eigenvalue weighted by molar-refractivity contribution is 5.90. The van der Waals surface area contributed by atoms with Crippen molar-refractivity contribution in [2.75, 3.05) is 13.7 Å². The fraction of sp³-hybridized carbons (Fsp3) is 0.654. The minimum atomic E-state index is -4.96. The van der Waals surface area contributed by atoms with Crippen molar-refractivity contribution in [3.63, 3.8) is 0 Å². The number of methoxy groups -OCH3 is 1. The predicted octanol–water partition coefficient (Wildman–Crippen LogP) is 2.94. The van der Waals surface area contributed by atoms with E-state index in [1.54, 1.807) is 20.8 Å². The van der Waals surface area contributed by atoms with Gasteiger partial charge in [-0.3, -0.25) is 9.59 Å². The fourth-order valence-corrected chi connectivity index (χ4v) is 3.53. The second-order valence-corrected chi connectivity index (χ2v) is 10.5. The van der Waals surface area contributed by atoms with E-state index >= 15 is 0 Å². The minimum absolute atomic E-state index is 0.222. The lowest BCUT2D eigenvalue weighted by Gasteiger charge is -2.31. The summed E-state index contributed by atoms with van der Waals surface area (Å²) in [4.78, 5) is 37.7. The van der Waals surface area contributed by atoms with Crippen LogP contribution in [0.5, 0.6) is 5.75 Å². The van der Waals surface area contributed by atoms with Crippen molar-refractivity contribution in [2.45, 2.75) is 89.9 Å². The molecule has 3 amide bonds. The first-order chi connectivity index (χ1) is 18.0. The van der Waals surface area contributed by atoms with Crippen LogP contribution in [0.1, 0.15) is 65.5 Å². The van der Waals surface area contributed by atoms with Crippen molar-refractivity contribution in [2.24, 2.45) is 11.7 Å². The van der Waals surface area contributed by atoms with E-state index in [1.165, 1.54) is 45.2 Å². The van der Waals surface area contributed by atoms with Gasteiger partial charge in [-0.15, -0.1) is 0 Å². The number of nitrogens with two attached hydrogens (primary N) is 1. The quantitative estimate of drug-likeness (QED) is 0.232. The normalized spacial score (nSPS) is 15.1. The monoisotopic (exact) mass is 562 g/mol. The zero-order valence-electron chi connectivity index (χ0n) is 23.2. The Kier molecular flexibility index (Phi) is 13.0. The van der Waals surface area contributed by atoms with Gasteiger partial charge in [-0.25, -0.2) is 4.79 Å². The summed E-state index contributed by atoms with van der Waals surface area (Å²) >= 11 is 0. The van der Waals surface area contributed by atoms with E-state index < -0.39 is 59.8 Å². The van der Waals surface area contributed by atoms with Gasteiger partial charge < -0.3 is 36.3 Å². The molecule has 1 rings (SSSR count). The summed E-state index contributed by atoms with van der Waals surface area (Å²) in [6.45, 7) is 8.38. The average Bonchev–Trinajstić information content (AvgIpc) is 2.82. The number of unbranched alkanes of at least 4 members (excludes halogenated alkanes) is 1. The van der Waals surface area contributed by atoms with Crippen molar-refractivity contribution in [1.82, 2.24) is 16.0 Å². The predicted molar refractivity (Wildman–Crippen MR) is 139 cm³/mol. The standard InChI is InChI=1S/C26H41F3N4O6/c1-15(2)19(21(34)26(27,28)29)32-23(36)20(16-10-12-17(38-6)13-11-16)33-22(35)18(30)9-7-8-14-31-24(37)39-25(3,4)5/h10-13,15,18-21,34H,7-9,14,30H2,1-6H3,(H,31,37)(H,32,36)(H,33,35)/t18-,19-,20-,21-/m0/s1. The number of ether oxygens (including phenoxy) is 2. The smallest absolute Gasteiger partial charge is 0.416 e. The van der Waals surface area contributed by atoms with Crippen LogP contribution in [0.2, 0.25) is 0 Å². The molecule has 0 radical (unpaired) electrons. The lowest BCUT2D eigenvalue weighted by atomic mass is 9.96. The second kappa shape index (κ2) is 14.9. The highest BCUT2D eigenvalue weighted by Gasteiger charge is 2.45. The van der Waals surface area contributed by atoms with Crippen LogP contribution in [0.3, 0.4) is 0 Å². The number of aliphatic hydroxyl groups is 1. The summed E-state index contributed by atoms with van der Waals surface area (Å²) in [5, 5.41) is 17.1. The van der Waals surface area contributed by atoms with Crippen LogP contribution in [-0.2, 0) is 14.3 Å². The number of carbonyl (C=O) groups is 3.